The van der Waals surface area contributed by atoms with Gasteiger partial charge in [0.2, 0.25) is 0 Å². The Morgan fingerprint density at radius 1 is 1.62 bits per heavy atom. The van der Waals surface area contributed by atoms with E-state index >= 15 is 0 Å². The van der Waals surface area contributed by atoms with Crippen LogP contribution in [0.3, 0.4) is 0 Å². The van der Waals surface area contributed by atoms with Crippen molar-refractivity contribution in [2.45, 2.75) is 19.4 Å². The fraction of sp³-hybridized carbons (Fsp3) is 0.625. The molecule has 1 aliphatic heterocycles. The summed E-state index contributed by atoms with van der Waals surface area (Å²) in [5, 5.41) is 3.58. The predicted molar refractivity (Wildman–Crippen MR) is 41.5 cm³/mol. The van der Waals surface area contributed by atoms with E-state index in [-0.39, 0.29) is 13.1 Å². The molecular weight excluding hydrogens is 178 g/mol. The van der Waals surface area contributed by atoms with Crippen molar-refractivity contribution in [3.63, 3.8) is 0 Å². The molecule has 0 N–H and O–H groups in total. The molecule has 0 saturated carbocycles. The Hall–Kier alpha value is -0.970. The van der Waals surface area contributed by atoms with Crippen molar-refractivity contribution < 1.29 is 13.3 Å². The van der Waals surface area contributed by atoms with Crippen LogP contribution in [-0.2, 0) is 6.54 Å². The molecule has 5 heteroatoms. The summed E-state index contributed by atoms with van der Waals surface area (Å²) in [6.45, 7) is 1.97. The number of aryl methyl sites for hydroxylation is 1. The van der Waals surface area contributed by atoms with Crippen LogP contribution in [0.4, 0.5) is 8.78 Å². The number of rotatable bonds is 2. The molecule has 1 aliphatic rings. The first kappa shape index (κ1) is 8.62. The summed E-state index contributed by atoms with van der Waals surface area (Å²) in [6, 6.07) is 0. The molecule has 0 bridgehead atoms. The Balaban J connectivity index is 1.91. The third-order valence-corrected chi connectivity index (χ3v) is 2.15. The zero-order valence-electron chi connectivity index (χ0n) is 7.26. The molecule has 72 valence electrons. The first-order valence-corrected chi connectivity index (χ1v) is 4.07. The van der Waals surface area contributed by atoms with Gasteiger partial charge in [-0.3, -0.25) is 4.90 Å². The number of likely N-dealkylation sites (tertiary alicyclic amines) is 1. The lowest BCUT2D eigenvalue weighted by Crippen LogP contribution is -2.55. The first-order valence-electron chi connectivity index (χ1n) is 4.07. The van der Waals surface area contributed by atoms with Crippen LogP contribution in [0.5, 0.6) is 0 Å². The topological polar surface area (TPSA) is 29.3 Å². The van der Waals surface area contributed by atoms with Gasteiger partial charge in [-0.1, -0.05) is 5.16 Å². The van der Waals surface area contributed by atoms with E-state index in [1.54, 1.807) is 18.0 Å². The average molecular weight is 188 g/mol. The fourth-order valence-electron chi connectivity index (χ4n) is 1.43. The summed E-state index contributed by atoms with van der Waals surface area (Å²) in [5.74, 6) is -1.79. The molecule has 2 rings (SSSR count). The smallest absolute Gasteiger partial charge is 0.272 e. The minimum atomic E-state index is -2.49. The molecule has 0 unspecified atom stereocenters. The van der Waals surface area contributed by atoms with Crippen LogP contribution in [-0.4, -0.2) is 29.1 Å². The molecule has 0 spiro atoms. The van der Waals surface area contributed by atoms with Gasteiger partial charge in [0.05, 0.1) is 19.3 Å². The second kappa shape index (κ2) is 2.77. The molecule has 1 aromatic rings. The van der Waals surface area contributed by atoms with Gasteiger partial charge in [-0.2, -0.15) is 0 Å². The second-order valence-electron chi connectivity index (χ2n) is 3.41. The van der Waals surface area contributed by atoms with Crippen molar-refractivity contribution in [1.29, 1.82) is 0 Å². The van der Waals surface area contributed by atoms with Gasteiger partial charge in [0.25, 0.3) is 5.92 Å². The lowest BCUT2D eigenvalue weighted by Gasteiger charge is -2.38. The van der Waals surface area contributed by atoms with E-state index < -0.39 is 5.92 Å². The lowest BCUT2D eigenvalue weighted by molar-refractivity contribution is -0.134. The maximum absolute atomic E-state index is 12.4. The number of halogens is 2. The quantitative estimate of drug-likeness (QED) is 0.703. The summed E-state index contributed by atoms with van der Waals surface area (Å²) in [7, 11) is 0. The van der Waals surface area contributed by atoms with E-state index in [0.717, 1.165) is 5.56 Å². The van der Waals surface area contributed by atoms with Crippen molar-refractivity contribution >= 4 is 0 Å². The van der Waals surface area contributed by atoms with Crippen molar-refractivity contribution in [3.05, 3.63) is 17.5 Å². The van der Waals surface area contributed by atoms with Crippen molar-refractivity contribution in [3.8, 4) is 0 Å². The van der Waals surface area contributed by atoms with Gasteiger partial charge in [0, 0.05) is 12.1 Å². The zero-order valence-corrected chi connectivity index (χ0v) is 7.26. The van der Waals surface area contributed by atoms with Crippen LogP contribution < -0.4 is 0 Å². The molecule has 0 aliphatic carbocycles. The van der Waals surface area contributed by atoms with Gasteiger partial charge in [0.15, 0.2) is 0 Å². The highest BCUT2D eigenvalue weighted by molar-refractivity contribution is 5.12. The molecule has 1 saturated heterocycles. The molecule has 2 heterocycles. The van der Waals surface area contributed by atoms with Gasteiger partial charge in [-0.25, -0.2) is 8.78 Å². The van der Waals surface area contributed by atoms with E-state index in [9.17, 15) is 8.78 Å². The van der Waals surface area contributed by atoms with Gasteiger partial charge in [-0.15, -0.1) is 0 Å². The summed E-state index contributed by atoms with van der Waals surface area (Å²) in [6.07, 6.45) is 1.58. The molecule has 1 aromatic heterocycles. The Kier molecular flexibility index (Phi) is 1.83. The van der Waals surface area contributed by atoms with Crippen LogP contribution >= 0.6 is 0 Å². The highest BCUT2D eigenvalue weighted by Gasteiger charge is 2.43. The molecule has 0 aromatic carbocycles. The van der Waals surface area contributed by atoms with E-state index in [1.807, 2.05) is 0 Å². The average Bonchev–Trinajstić information content (AvgIpc) is 2.33. The normalized spacial score (nSPS) is 21.5. The van der Waals surface area contributed by atoms with Gasteiger partial charge in [0.1, 0.15) is 5.76 Å². The Morgan fingerprint density at radius 3 is 2.77 bits per heavy atom. The van der Waals surface area contributed by atoms with Crippen LogP contribution in [0.2, 0.25) is 0 Å². The van der Waals surface area contributed by atoms with Crippen LogP contribution in [0.25, 0.3) is 0 Å². The van der Waals surface area contributed by atoms with Crippen LogP contribution in [0.15, 0.2) is 10.7 Å². The molecule has 1 fully saturated rings. The zero-order chi connectivity index (χ0) is 9.47. The van der Waals surface area contributed by atoms with E-state index in [1.165, 1.54) is 0 Å². The fourth-order valence-corrected chi connectivity index (χ4v) is 1.43. The number of hydrogen-bond donors (Lipinski definition) is 0. The summed E-state index contributed by atoms with van der Waals surface area (Å²) < 4.78 is 29.7. The number of aromatic nitrogens is 1. The molecular formula is C8H10F2N2O. The standard InChI is InChI=1S/C8H10F2N2O/c1-6-7(2-11-13-6)3-12-4-8(9,10)5-12/h2H,3-5H2,1H3. The Labute approximate surface area is 74.3 Å². The Morgan fingerprint density at radius 2 is 2.31 bits per heavy atom. The minimum Gasteiger partial charge on any atom is -0.361 e. The molecule has 0 amide bonds. The van der Waals surface area contributed by atoms with Crippen LogP contribution in [0, 0.1) is 6.92 Å². The first-order chi connectivity index (χ1) is 6.07. The van der Waals surface area contributed by atoms with E-state index in [2.05, 4.69) is 5.16 Å². The highest BCUT2D eigenvalue weighted by atomic mass is 19.3. The lowest BCUT2D eigenvalue weighted by atomic mass is 10.1. The van der Waals surface area contributed by atoms with Gasteiger partial charge < -0.3 is 4.52 Å². The maximum Gasteiger partial charge on any atom is 0.272 e. The number of alkyl halides is 2. The third-order valence-electron chi connectivity index (χ3n) is 2.15. The van der Waals surface area contributed by atoms with Crippen molar-refractivity contribution in [2.75, 3.05) is 13.1 Å². The highest BCUT2D eigenvalue weighted by Crippen LogP contribution is 2.28. The monoisotopic (exact) mass is 188 g/mol. The molecule has 3 nitrogen and oxygen atoms in total. The van der Waals surface area contributed by atoms with Gasteiger partial charge >= 0.3 is 0 Å². The number of nitrogens with zero attached hydrogens (tertiary/aromatic N) is 2. The molecule has 0 radical (unpaired) electrons. The summed E-state index contributed by atoms with van der Waals surface area (Å²) in [4.78, 5) is 1.67. The molecule has 13 heavy (non-hydrogen) atoms. The summed E-state index contributed by atoms with van der Waals surface area (Å²) in [5.41, 5.74) is 0.885. The minimum absolute atomic E-state index is 0.155. The molecule has 0 atom stereocenters. The Bertz CT molecular complexity index is 303. The van der Waals surface area contributed by atoms with Crippen molar-refractivity contribution in [2.24, 2.45) is 0 Å². The predicted octanol–water partition coefficient (Wildman–Crippen LogP) is 1.43. The third kappa shape index (κ3) is 1.70. The van der Waals surface area contributed by atoms with E-state index in [0.29, 0.717) is 12.3 Å². The largest absolute Gasteiger partial charge is 0.361 e. The maximum atomic E-state index is 12.4. The SMILES string of the molecule is Cc1oncc1CN1CC(F)(F)C1. The summed E-state index contributed by atoms with van der Waals surface area (Å²) >= 11 is 0. The second-order valence-corrected chi connectivity index (χ2v) is 3.41. The van der Waals surface area contributed by atoms with Crippen LogP contribution in [0.1, 0.15) is 11.3 Å². The van der Waals surface area contributed by atoms with Gasteiger partial charge in [-0.05, 0) is 6.92 Å². The van der Waals surface area contributed by atoms with E-state index in [4.69, 9.17) is 4.52 Å². The number of hydrogen-bond acceptors (Lipinski definition) is 3. The van der Waals surface area contributed by atoms with Crippen molar-refractivity contribution in [1.82, 2.24) is 10.1 Å².